The molecular weight excluding hydrogens is 332 g/mol. The molecule has 0 spiro atoms. The highest BCUT2D eigenvalue weighted by molar-refractivity contribution is 14.3. The summed E-state index contributed by atoms with van der Waals surface area (Å²) >= 11 is 2.67. The Morgan fingerprint density at radius 2 is 1.17 bits per heavy atom. The maximum Gasteiger partial charge on any atom is 0.255 e. The van der Waals surface area contributed by atoms with Crippen LogP contribution in [0, 0.1) is 0 Å². The quantitative estimate of drug-likeness (QED) is 0.535. The van der Waals surface area contributed by atoms with Gasteiger partial charge < -0.3 is 6.15 Å². The second-order valence-corrected chi connectivity index (χ2v) is 13.1. The molecule has 0 aliphatic carbocycles. The van der Waals surface area contributed by atoms with Gasteiger partial charge in [0, 0.05) is 0 Å². The van der Waals surface area contributed by atoms with Gasteiger partial charge in [0.25, 0.3) is 4.18 Å². The SMILES string of the molecule is N.O=S(=O)(I)I. The molecule has 0 rings (SSSR count). The molecule has 0 heterocycles. The van der Waals surface area contributed by atoms with Gasteiger partial charge in [-0.05, 0) is 0 Å². The van der Waals surface area contributed by atoms with E-state index in [-0.39, 0.29) is 6.15 Å². The van der Waals surface area contributed by atoms with Crippen molar-refractivity contribution in [1.29, 1.82) is 0 Å². The number of hydrogen-bond donors (Lipinski definition) is 1. The molecule has 0 aromatic carbocycles. The molecule has 0 radical (unpaired) electrons. The summed E-state index contributed by atoms with van der Waals surface area (Å²) in [6, 6.07) is 0. The summed E-state index contributed by atoms with van der Waals surface area (Å²) in [6.45, 7) is 0. The molecule has 3 nitrogen and oxygen atoms in total. The first-order valence-electron chi connectivity index (χ1n) is 0.642. The van der Waals surface area contributed by atoms with Crippen LogP contribution in [-0.2, 0) is 4.18 Å². The molecule has 0 saturated carbocycles. The standard InChI is InChI=1S/I2O2S.H3N/c1-5(2,3)4;/h;1H3. The largest absolute Gasteiger partial charge is 0.344 e. The van der Waals surface area contributed by atoms with E-state index >= 15 is 0 Å². The molecule has 3 N–H and O–H groups in total. The topological polar surface area (TPSA) is 69.1 Å². The van der Waals surface area contributed by atoms with E-state index in [4.69, 9.17) is 0 Å². The van der Waals surface area contributed by atoms with Crippen molar-refractivity contribution >= 4 is 46.6 Å². The fraction of sp³-hybridized carbons (Fsp3) is 0. The van der Waals surface area contributed by atoms with Crippen molar-refractivity contribution in [3.8, 4) is 0 Å². The van der Waals surface area contributed by atoms with Gasteiger partial charge in [0.1, 0.15) is 0 Å². The van der Waals surface area contributed by atoms with Crippen LogP contribution in [0.4, 0.5) is 0 Å². The number of hydrogen-bond acceptors (Lipinski definition) is 3. The molecule has 0 bridgehead atoms. The summed E-state index contributed by atoms with van der Waals surface area (Å²) in [5, 5.41) is 0. The fourth-order valence-corrected chi connectivity index (χ4v) is 0. The van der Waals surface area contributed by atoms with Gasteiger partial charge in [0.2, 0.25) is 0 Å². The third-order valence-electron chi connectivity index (χ3n) is 0. The van der Waals surface area contributed by atoms with E-state index in [0.717, 1.165) is 0 Å². The van der Waals surface area contributed by atoms with E-state index in [9.17, 15) is 8.42 Å². The van der Waals surface area contributed by atoms with Crippen molar-refractivity contribution in [2.45, 2.75) is 0 Å². The van der Waals surface area contributed by atoms with Crippen molar-refractivity contribution in [2.75, 3.05) is 0 Å². The Morgan fingerprint density at radius 3 is 1.17 bits per heavy atom. The monoisotopic (exact) mass is 335 g/mol. The van der Waals surface area contributed by atoms with E-state index in [1.165, 1.54) is 42.4 Å². The van der Waals surface area contributed by atoms with Crippen molar-refractivity contribution in [1.82, 2.24) is 6.15 Å². The van der Waals surface area contributed by atoms with Gasteiger partial charge in [-0.2, -0.15) is 0 Å². The predicted molar refractivity (Wildman–Crippen MR) is 42.0 cm³/mol. The Hall–Kier alpha value is 1.37. The van der Waals surface area contributed by atoms with Gasteiger partial charge in [-0.3, -0.25) is 0 Å². The Bertz CT molecular complexity index is 94.7. The van der Waals surface area contributed by atoms with Crippen molar-refractivity contribution in [3.05, 3.63) is 0 Å². The third kappa shape index (κ3) is 54.6. The minimum atomic E-state index is -2.73. The average molecular weight is 335 g/mol. The van der Waals surface area contributed by atoms with Crippen LogP contribution in [0.15, 0.2) is 0 Å². The summed E-state index contributed by atoms with van der Waals surface area (Å²) in [5.41, 5.74) is 0. The van der Waals surface area contributed by atoms with Gasteiger partial charge in [-0.15, -0.1) is 0 Å². The van der Waals surface area contributed by atoms with Crippen LogP contribution in [0.1, 0.15) is 0 Å². The number of rotatable bonds is 0. The first-order valence-corrected chi connectivity index (χ1v) is 7.21. The van der Waals surface area contributed by atoms with E-state index in [1.54, 1.807) is 0 Å². The second kappa shape index (κ2) is 3.38. The molecule has 6 heteroatoms. The Kier molecular flexibility index (Phi) is 5.85. The Balaban J connectivity index is 0. The zero-order chi connectivity index (χ0) is 4.50. The maximum absolute atomic E-state index is 9.61. The third-order valence-corrected chi connectivity index (χ3v) is 0. The average Bonchev–Trinajstić information content (AvgIpc) is 0.722. The highest BCUT2D eigenvalue weighted by atomic mass is 127. The lowest BCUT2D eigenvalue weighted by molar-refractivity contribution is 0.627. The lowest BCUT2D eigenvalue weighted by Crippen LogP contribution is -1.60. The normalized spacial score (nSPS) is 9.67. The first-order chi connectivity index (χ1) is 2.00. The minimum Gasteiger partial charge on any atom is -0.344 e. The summed E-state index contributed by atoms with van der Waals surface area (Å²) in [6.07, 6.45) is 0. The molecule has 0 aromatic heterocycles. The summed E-state index contributed by atoms with van der Waals surface area (Å²) < 4.78 is 16.5. The van der Waals surface area contributed by atoms with E-state index < -0.39 is 4.18 Å². The molecule has 0 amide bonds. The molecule has 0 aromatic rings. The van der Waals surface area contributed by atoms with Gasteiger partial charge in [-0.25, -0.2) is 8.42 Å². The Labute approximate surface area is 60.6 Å². The highest BCUT2D eigenvalue weighted by Gasteiger charge is 1.86. The molecule has 40 valence electrons. The molecule has 0 fully saturated rings. The predicted octanol–water partition coefficient (Wildman–Crippen LogP) is 1.26. The van der Waals surface area contributed by atoms with Crippen molar-refractivity contribution in [3.63, 3.8) is 0 Å². The molecule has 0 atom stereocenters. The zero-order valence-corrected chi connectivity index (χ0v) is 7.82. The molecule has 0 saturated heterocycles. The molecule has 0 aliphatic heterocycles. The Morgan fingerprint density at radius 1 is 1.17 bits per heavy atom. The molecule has 6 heavy (non-hydrogen) atoms. The van der Waals surface area contributed by atoms with Gasteiger partial charge in [0.05, 0.1) is 42.4 Å². The fourth-order valence-electron chi connectivity index (χ4n) is 0. The van der Waals surface area contributed by atoms with Crippen LogP contribution in [0.3, 0.4) is 0 Å². The van der Waals surface area contributed by atoms with Gasteiger partial charge in [0.15, 0.2) is 0 Å². The molecular formula is H3I2NO2S. The van der Waals surface area contributed by atoms with Gasteiger partial charge >= 0.3 is 0 Å². The number of halogens is 2. The lowest BCUT2D eigenvalue weighted by atomic mass is 14.0. The smallest absolute Gasteiger partial charge is 0.255 e. The molecule has 0 unspecified atom stereocenters. The maximum atomic E-state index is 9.61. The van der Waals surface area contributed by atoms with Crippen LogP contribution in [-0.4, -0.2) is 8.42 Å². The van der Waals surface area contributed by atoms with E-state index in [1.807, 2.05) is 0 Å². The van der Waals surface area contributed by atoms with Crippen LogP contribution in [0.25, 0.3) is 0 Å². The summed E-state index contributed by atoms with van der Waals surface area (Å²) in [7, 11) is 0. The van der Waals surface area contributed by atoms with Crippen LogP contribution < -0.4 is 6.15 Å². The highest BCUT2D eigenvalue weighted by Crippen LogP contribution is 2.08. The van der Waals surface area contributed by atoms with E-state index in [2.05, 4.69) is 0 Å². The zero-order valence-electron chi connectivity index (χ0n) is 2.69. The lowest BCUT2D eigenvalue weighted by Gasteiger charge is -1.62. The van der Waals surface area contributed by atoms with Crippen molar-refractivity contribution < 1.29 is 8.42 Å². The second-order valence-electron chi connectivity index (χ2n) is 0.378. The van der Waals surface area contributed by atoms with Crippen molar-refractivity contribution in [2.24, 2.45) is 0 Å². The first kappa shape index (κ1) is 10.4. The van der Waals surface area contributed by atoms with Crippen LogP contribution in [0.5, 0.6) is 0 Å². The summed E-state index contributed by atoms with van der Waals surface area (Å²) in [4.78, 5) is 0. The summed E-state index contributed by atoms with van der Waals surface area (Å²) in [5.74, 6) is 0. The van der Waals surface area contributed by atoms with E-state index in [0.29, 0.717) is 0 Å². The molecule has 0 aliphatic rings. The van der Waals surface area contributed by atoms with Crippen LogP contribution >= 0.6 is 42.4 Å². The van der Waals surface area contributed by atoms with Gasteiger partial charge in [-0.1, -0.05) is 0 Å². The minimum absolute atomic E-state index is 0. The van der Waals surface area contributed by atoms with Crippen LogP contribution in [0.2, 0.25) is 0 Å².